The number of anilines is 1. The van der Waals surface area contributed by atoms with E-state index in [1.807, 2.05) is 0 Å². The van der Waals surface area contributed by atoms with E-state index in [1.54, 1.807) is 6.07 Å². The molecule has 2 aromatic rings. The summed E-state index contributed by atoms with van der Waals surface area (Å²) >= 11 is 0. The standard InChI is InChI=1S/C13H9F2N3O3/c1-17(9-3-2-4-16-7-9)13(19)10-5-8(14)6-11(12(10)15)18(20)21/h2-7H,1H3. The lowest BCUT2D eigenvalue weighted by Crippen LogP contribution is -2.27. The van der Waals surface area contributed by atoms with Gasteiger partial charge < -0.3 is 4.90 Å². The highest BCUT2D eigenvalue weighted by atomic mass is 19.1. The highest BCUT2D eigenvalue weighted by Gasteiger charge is 2.26. The van der Waals surface area contributed by atoms with Gasteiger partial charge in [-0.15, -0.1) is 0 Å². The van der Waals surface area contributed by atoms with Crippen LogP contribution in [0.25, 0.3) is 0 Å². The molecule has 108 valence electrons. The van der Waals surface area contributed by atoms with Crippen LogP contribution in [0.4, 0.5) is 20.2 Å². The zero-order valence-electron chi connectivity index (χ0n) is 10.8. The van der Waals surface area contributed by atoms with E-state index >= 15 is 0 Å². The van der Waals surface area contributed by atoms with E-state index in [0.717, 1.165) is 4.90 Å². The lowest BCUT2D eigenvalue weighted by Gasteiger charge is -2.17. The van der Waals surface area contributed by atoms with Crippen LogP contribution in [0.2, 0.25) is 0 Å². The second-order valence-corrected chi connectivity index (χ2v) is 4.12. The van der Waals surface area contributed by atoms with Crippen molar-refractivity contribution < 1.29 is 18.5 Å². The minimum Gasteiger partial charge on any atom is -0.310 e. The molecule has 6 nitrogen and oxygen atoms in total. The summed E-state index contributed by atoms with van der Waals surface area (Å²) in [6.07, 6.45) is 2.83. The number of nitro groups is 1. The van der Waals surface area contributed by atoms with E-state index in [0.29, 0.717) is 17.8 Å². The second-order valence-electron chi connectivity index (χ2n) is 4.12. The van der Waals surface area contributed by atoms with Crippen molar-refractivity contribution in [1.82, 2.24) is 4.98 Å². The summed E-state index contributed by atoms with van der Waals surface area (Å²) in [5.41, 5.74) is -1.46. The average Bonchev–Trinajstić information content (AvgIpc) is 2.48. The summed E-state index contributed by atoms with van der Waals surface area (Å²) in [7, 11) is 1.33. The van der Waals surface area contributed by atoms with Gasteiger partial charge in [0, 0.05) is 13.2 Å². The minimum absolute atomic E-state index is 0.341. The molecule has 1 aromatic carbocycles. The SMILES string of the molecule is CN(C(=O)c1cc(F)cc([N+](=O)[O-])c1F)c1cccnc1. The third-order valence-electron chi connectivity index (χ3n) is 2.78. The predicted molar refractivity (Wildman–Crippen MR) is 70.0 cm³/mol. The molecule has 0 aliphatic carbocycles. The third-order valence-corrected chi connectivity index (χ3v) is 2.78. The second kappa shape index (κ2) is 5.61. The van der Waals surface area contributed by atoms with Crippen LogP contribution in [0.5, 0.6) is 0 Å². The molecule has 0 N–H and O–H groups in total. The first-order valence-corrected chi connectivity index (χ1v) is 5.73. The zero-order valence-corrected chi connectivity index (χ0v) is 10.8. The molecule has 1 aromatic heterocycles. The normalized spacial score (nSPS) is 10.2. The third kappa shape index (κ3) is 2.83. The van der Waals surface area contributed by atoms with Crippen LogP contribution in [0.3, 0.4) is 0 Å². The number of rotatable bonds is 3. The fraction of sp³-hybridized carbons (Fsp3) is 0.0769. The van der Waals surface area contributed by atoms with Crippen LogP contribution in [-0.2, 0) is 0 Å². The molecule has 0 aliphatic heterocycles. The molecule has 1 heterocycles. The van der Waals surface area contributed by atoms with Crippen molar-refractivity contribution >= 4 is 17.3 Å². The smallest absolute Gasteiger partial charge is 0.308 e. The number of carbonyl (C=O) groups excluding carboxylic acids is 1. The van der Waals surface area contributed by atoms with Crippen molar-refractivity contribution in [1.29, 1.82) is 0 Å². The van der Waals surface area contributed by atoms with Gasteiger partial charge in [0.1, 0.15) is 5.82 Å². The van der Waals surface area contributed by atoms with Crippen molar-refractivity contribution in [2.75, 3.05) is 11.9 Å². The van der Waals surface area contributed by atoms with Crippen molar-refractivity contribution in [3.8, 4) is 0 Å². The van der Waals surface area contributed by atoms with Gasteiger partial charge in [0.2, 0.25) is 5.82 Å². The molecule has 21 heavy (non-hydrogen) atoms. The molecule has 0 atom stereocenters. The number of hydrogen-bond donors (Lipinski definition) is 0. The van der Waals surface area contributed by atoms with Crippen LogP contribution in [-0.4, -0.2) is 22.9 Å². The fourth-order valence-corrected chi connectivity index (χ4v) is 1.71. The first-order chi connectivity index (χ1) is 9.91. The molecule has 2 rings (SSSR count). The number of benzene rings is 1. The molecule has 0 bridgehead atoms. The predicted octanol–water partition coefficient (Wildman–Crippen LogP) is 2.54. The molecular weight excluding hydrogens is 284 g/mol. The number of carbonyl (C=O) groups is 1. The average molecular weight is 293 g/mol. The van der Waals surface area contributed by atoms with Gasteiger partial charge in [0.15, 0.2) is 0 Å². The van der Waals surface area contributed by atoms with Gasteiger partial charge in [-0.1, -0.05) is 0 Å². The fourth-order valence-electron chi connectivity index (χ4n) is 1.71. The van der Waals surface area contributed by atoms with E-state index in [-0.39, 0.29) is 0 Å². The van der Waals surface area contributed by atoms with Crippen molar-refractivity contribution in [3.63, 3.8) is 0 Å². The molecule has 0 saturated heterocycles. The number of pyridine rings is 1. The number of nitro benzene ring substituents is 1. The summed E-state index contributed by atoms with van der Waals surface area (Å²) in [4.78, 5) is 26.6. The topological polar surface area (TPSA) is 76.3 Å². The van der Waals surface area contributed by atoms with Crippen molar-refractivity contribution in [2.45, 2.75) is 0 Å². The van der Waals surface area contributed by atoms with E-state index in [4.69, 9.17) is 0 Å². The van der Waals surface area contributed by atoms with Gasteiger partial charge >= 0.3 is 5.69 Å². The molecule has 0 aliphatic rings. The summed E-state index contributed by atoms with van der Waals surface area (Å²) in [5.74, 6) is -3.35. The van der Waals surface area contributed by atoms with Gasteiger partial charge in [-0.3, -0.25) is 19.9 Å². The van der Waals surface area contributed by atoms with Crippen LogP contribution < -0.4 is 4.90 Å². The van der Waals surface area contributed by atoms with Gasteiger partial charge in [0.25, 0.3) is 5.91 Å². The molecule has 0 fully saturated rings. The zero-order chi connectivity index (χ0) is 15.6. The Bertz CT molecular complexity index is 707. The Labute approximate surface area is 117 Å². The largest absolute Gasteiger partial charge is 0.310 e. The van der Waals surface area contributed by atoms with E-state index in [2.05, 4.69) is 4.98 Å². The van der Waals surface area contributed by atoms with E-state index in [1.165, 1.54) is 25.5 Å². The Balaban J connectivity index is 2.47. The molecule has 0 saturated carbocycles. The van der Waals surface area contributed by atoms with E-state index in [9.17, 15) is 23.7 Å². The Kier molecular flexibility index (Phi) is 3.88. The lowest BCUT2D eigenvalue weighted by molar-refractivity contribution is -0.387. The van der Waals surface area contributed by atoms with Crippen LogP contribution in [0.1, 0.15) is 10.4 Å². The Morgan fingerprint density at radius 2 is 2.10 bits per heavy atom. The summed E-state index contributed by atoms with van der Waals surface area (Å²) < 4.78 is 27.3. The Morgan fingerprint density at radius 3 is 2.67 bits per heavy atom. The number of nitrogens with zero attached hydrogens (tertiary/aromatic N) is 3. The molecule has 8 heteroatoms. The molecule has 1 amide bonds. The summed E-state index contributed by atoms with van der Waals surface area (Å²) in [6.45, 7) is 0. The van der Waals surface area contributed by atoms with Crippen LogP contribution in [0.15, 0.2) is 36.7 Å². The summed E-state index contributed by atoms with van der Waals surface area (Å²) in [6, 6.07) is 4.15. The van der Waals surface area contributed by atoms with Gasteiger partial charge in [0.05, 0.1) is 28.4 Å². The number of hydrogen-bond acceptors (Lipinski definition) is 4. The molecule has 0 spiro atoms. The Hall–Kier alpha value is -2.90. The molecule has 0 radical (unpaired) electrons. The highest BCUT2D eigenvalue weighted by Crippen LogP contribution is 2.24. The first-order valence-electron chi connectivity index (χ1n) is 5.73. The Morgan fingerprint density at radius 1 is 1.38 bits per heavy atom. The number of amides is 1. The molecule has 0 unspecified atom stereocenters. The maximum absolute atomic E-state index is 14.0. The van der Waals surface area contributed by atoms with E-state index < -0.39 is 33.7 Å². The molecular formula is C13H9F2N3O3. The van der Waals surface area contributed by atoms with Crippen molar-refractivity contribution in [3.05, 3.63) is 64.0 Å². The number of halogens is 2. The van der Waals surface area contributed by atoms with Crippen LogP contribution >= 0.6 is 0 Å². The monoisotopic (exact) mass is 293 g/mol. The van der Waals surface area contributed by atoms with Gasteiger partial charge in [-0.25, -0.2) is 4.39 Å². The van der Waals surface area contributed by atoms with Crippen LogP contribution in [0, 0.1) is 21.7 Å². The minimum atomic E-state index is -1.37. The van der Waals surface area contributed by atoms with Gasteiger partial charge in [-0.05, 0) is 18.2 Å². The highest BCUT2D eigenvalue weighted by molar-refractivity contribution is 6.06. The quantitative estimate of drug-likeness (QED) is 0.643. The van der Waals surface area contributed by atoms with Gasteiger partial charge in [-0.2, -0.15) is 4.39 Å². The lowest BCUT2D eigenvalue weighted by atomic mass is 10.1. The summed E-state index contributed by atoms with van der Waals surface area (Å²) in [5, 5.41) is 10.7. The maximum atomic E-state index is 14.0. The first kappa shape index (κ1) is 14.5. The maximum Gasteiger partial charge on any atom is 0.308 e. The number of aromatic nitrogens is 1. The van der Waals surface area contributed by atoms with Crippen molar-refractivity contribution in [2.24, 2.45) is 0 Å².